The molecule has 0 saturated heterocycles. The van der Waals surface area contributed by atoms with Gasteiger partial charge in [-0.25, -0.2) is 4.39 Å². The van der Waals surface area contributed by atoms with Crippen molar-refractivity contribution in [3.05, 3.63) is 63.9 Å². The second kappa shape index (κ2) is 6.25. The number of aliphatic hydroxyl groups is 1. The summed E-state index contributed by atoms with van der Waals surface area (Å²) in [5.41, 5.74) is 2.04. The molecular formula is C16H16ClFO2. The Bertz CT molecular complexity index is 591. The van der Waals surface area contributed by atoms with Crippen LogP contribution in [0.15, 0.2) is 36.4 Å². The molecule has 0 unspecified atom stereocenters. The Morgan fingerprint density at radius 3 is 2.65 bits per heavy atom. The molecule has 2 aromatic rings. The highest BCUT2D eigenvalue weighted by Crippen LogP contribution is 2.25. The van der Waals surface area contributed by atoms with Crippen molar-refractivity contribution >= 4 is 11.6 Å². The molecule has 0 aromatic heterocycles. The summed E-state index contributed by atoms with van der Waals surface area (Å²) in [6.07, 6.45) is -0.524. The molecule has 2 aromatic carbocycles. The van der Waals surface area contributed by atoms with Gasteiger partial charge in [-0.2, -0.15) is 0 Å². The van der Waals surface area contributed by atoms with Gasteiger partial charge < -0.3 is 9.84 Å². The van der Waals surface area contributed by atoms with Crippen LogP contribution in [0.5, 0.6) is 5.75 Å². The molecule has 2 rings (SSSR count). The quantitative estimate of drug-likeness (QED) is 0.904. The second-order valence-corrected chi connectivity index (χ2v) is 5.10. The molecule has 1 atom stereocenters. The Hall–Kier alpha value is -1.58. The molecule has 20 heavy (non-hydrogen) atoms. The molecule has 0 radical (unpaired) electrons. The van der Waals surface area contributed by atoms with Gasteiger partial charge in [-0.05, 0) is 49.2 Å². The smallest absolute Gasteiger partial charge is 0.131 e. The summed E-state index contributed by atoms with van der Waals surface area (Å²) in [4.78, 5) is 0. The number of halogens is 2. The zero-order valence-electron chi connectivity index (χ0n) is 11.4. The van der Waals surface area contributed by atoms with E-state index in [2.05, 4.69) is 0 Å². The van der Waals surface area contributed by atoms with Crippen LogP contribution in [0.1, 0.15) is 29.7 Å². The lowest BCUT2D eigenvalue weighted by atomic mass is 10.1. The Morgan fingerprint density at radius 1 is 1.30 bits per heavy atom. The van der Waals surface area contributed by atoms with Crippen LogP contribution < -0.4 is 4.74 Å². The zero-order chi connectivity index (χ0) is 14.7. The van der Waals surface area contributed by atoms with Crippen LogP contribution in [0.25, 0.3) is 0 Å². The predicted molar refractivity (Wildman–Crippen MR) is 77.6 cm³/mol. The van der Waals surface area contributed by atoms with Gasteiger partial charge in [0.15, 0.2) is 0 Å². The molecule has 0 aliphatic carbocycles. The van der Waals surface area contributed by atoms with Crippen LogP contribution in [0.3, 0.4) is 0 Å². The van der Waals surface area contributed by atoms with Gasteiger partial charge in [0.2, 0.25) is 0 Å². The van der Waals surface area contributed by atoms with E-state index in [-0.39, 0.29) is 12.4 Å². The first-order valence-electron chi connectivity index (χ1n) is 6.33. The fourth-order valence-corrected chi connectivity index (χ4v) is 2.13. The molecule has 4 heteroatoms. The molecule has 1 N–H and O–H groups in total. The van der Waals surface area contributed by atoms with Crippen LogP contribution in [-0.2, 0) is 6.61 Å². The van der Waals surface area contributed by atoms with E-state index in [1.165, 1.54) is 6.07 Å². The maximum absolute atomic E-state index is 13.6. The molecule has 0 fully saturated rings. The van der Waals surface area contributed by atoms with Crippen molar-refractivity contribution in [3.63, 3.8) is 0 Å². The molecule has 0 aliphatic heterocycles. The molecule has 0 spiro atoms. The number of rotatable bonds is 4. The third-order valence-electron chi connectivity index (χ3n) is 3.12. The number of hydrogen-bond acceptors (Lipinski definition) is 2. The lowest BCUT2D eigenvalue weighted by Gasteiger charge is -2.13. The van der Waals surface area contributed by atoms with Gasteiger partial charge in [0.05, 0.1) is 11.1 Å². The van der Waals surface area contributed by atoms with Crippen molar-refractivity contribution < 1.29 is 14.2 Å². The number of aliphatic hydroxyl groups excluding tert-OH is 1. The third kappa shape index (κ3) is 3.30. The number of benzene rings is 2. The van der Waals surface area contributed by atoms with Crippen LogP contribution in [-0.4, -0.2) is 5.11 Å². The molecule has 0 aliphatic rings. The summed E-state index contributed by atoms with van der Waals surface area (Å²) >= 11 is 5.95. The SMILES string of the molecule is Cc1cc([C@H](C)O)ccc1OCc1c(F)cccc1Cl. The second-order valence-electron chi connectivity index (χ2n) is 4.69. The van der Waals surface area contributed by atoms with E-state index in [1.807, 2.05) is 13.0 Å². The summed E-state index contributed by atoms with van der Waals surface area (Å²) in [5.74, 6) is 0.268. The lowest BCUT2D eigenvalue weighted by Crippen LogP contribution is -2.01. The van der Waals surface area contributed by atoms with E-state index >= 15 is 0 Å². The van der Waals surface area contributed by atoms with Crippen LogP contribution in [0.2, 0.25) is 5.02 Å². The summed E-state index contributed by atoms with van der Waals surface area (Å²) < 4.78 is 19.2. The largest absolute Gasteiger partial charge is 0.488 e. The number of aryl methyl sites for hydroxylation is 1. The van der Waals surface area contributed by atoms with Crippen LogP contribution in [0, 0.1) is 12.7 Å². The van der Waals surface area contributed by atoms with E-state index in [9.17, 15) is 9.50 Å². The maximum Gasteiger partial charge on any atom is 0.131 e. The Balaban J connectivity index is 2.15. The van der Waals surface area contributed by atoms with Gasteiger partial charge in [0.1, 0.15) is 18.2 Å². The summed E-state index contributed by atoms with van der Waals surface area (Å²) in [5, 5.41) is 9.86. The van der Waals surface area contributed by atoms with Crippen LogP contribution >= 0.6 is 11.6 Å². The van der Waals surface area contributed by atoms with Gasteiger partial charge in [0, 0.05) is 5.56 Å². The highest BCUT2D eigenvalue weighted by molar-refractivity contribution is 6.31. The van der Waals surface area contributed by atoms with Crippen molar-refractivity contribution in [2.24, 2.45) is 0 Å². The van der Waals surface area contributed by atoms with Crippen molar-refractivity contribution in [2.45, 2.75) is 26.6 Å². The van der Waals surface area contributed by atoms with Gasteiger partial charge in [-0.1, -0.05) is 23.7 Å². The molecular weight excluding hydrogens is 279 g/mol. The Morgan fingerprint density at radius 2 is 2.05 bits per heavy atom. The van der Waals surface area contributed by atoms with Crippen molar-refractivity contribution in [2.75, 3.05) is 0 Å². The molecule has 2 nitrogen and oxygen atoms in total. The fraction of sp³-hybridized carbons (Fsp3) is 0.250. The highest BCUT2D eigenvalue weighted by atomic mass is 35.5. The summed E-state index contributed by atoms with van der Waals surface area (Å²) in [6, 6.07) is 9.95. The maximum atomic E-state index is 13.6. The predicted octanol–water partition coefficient (Wildman–Crippen LogP) is 4.42. The molecule has 0 heterocycles. The molecule has 106 valence electrons. The van der Waals surface area contributed by atoms with Gasteiger partial charge >= 0.3 is 0 Å². The highest BCUT2D eigenvalue weighted by Gasteiger charge is 2.09. The van der Waals surface area contributed by atoms with Gasteiger partial charge in [-0.3, -0.25) is 0 Å². The average molecular weight is 295 g/mol. The summed E-state index contributed by atoms with van der Waals surface area (Å²) in [7, 11) is 0. The van der Waals surface area contributed by atoms with Crippen molar-refractivity contribution in [3.8, 4) is 5.75 Å². The van der Waals surface area contributed by atoms with E-state index in [1.54, 1.807) is 31.2 Å². The monoisotopic (exact) mass is 294 g/mol. The Labute approximate surface area is 122 Å². The standard InChI is InChI=1S/C16H16ClFO2/c1-10-8-12(11(2)19)6-7-16(10)20-9-13-14(17)4-3-5-15(13)18/h3-8,11,19H,9H2,1-2H3/t11-/m0/s1. The first-order chi connectivity index (χ1) is 9.49. The minimum atomic E-state index is -0.524. The topological polar surface area (TPSA) is 29.5 Å². The zero-order valence-corrected chi connectivity index (χ0v) is 12.1. The average Bonchev–Trinajstić information content (AvgIpc) is 2.39. The molecule has 0 amide bonds. The minimum absolute atomic E-state index is 0.0698. The van der Waals surface area contributed by atoms with Gasteiger partial charge in [0.25, 0.3) is 0 Å². The van der Waals surface area contributed by atoms with Gasteiger partial charge in [-0.15, -0.1) is 0 Å². The first kappa shape index (κ1) is 14.8. The normalized spacial score (nSPS) is 12.2. The third-order valence-corrected chi connectivity index (χ3v) is 3.47. The number of ether oxygens (including phenoxy) is 1. The molecule has 0 saturated carbocycles. The van der Waals surface area contributed by atoms with Crippen molar-refractivity contribution in [1.29, 1.82) is 0 Å². The van der Waals surface area contributed by atoms with E-state index in [4.69, 9.17) is 16.3 Å². The Kier molecular flexibility index (Phi) is 4.63. The summed E-state index contributed by atoms with van der Waals surface area (Å²) in [6.45, 7) is 3.65. The fourth-order valence-electron chi connectivity index (χ4n) is 1.91. The van der Waals surface area contributed by atoms with E-state index in [0.29, 0.717) is 16.3 Å². The minimum Gasteiger partial charge on any atom is -0.488 e. The molecule has 0 bridgehead atoms. The van der Waals surface area contributed by atoms with Crippen LogP contribution in [0.4, 0.5) is 4.39 Å². The first-order valence-corrected chi connectivity index (χ1v) is 6.71. The van der Waals surface area contributed by atoms with E-state index < -0.39 is 6.10 Å². The number of hydrogen-bond donors (Lipinski definition) is 1. The lowest BCUT2D eigenvalue weighted by molar-refractivity contribution is 0.199. The van der Waals surface area contributed by atoms with Crippen molar-refractivity contribution in [1.82, 2.24) is 0 Å². The van der Waals surface area contributed by atoms with E-state index in [0.717, 1.165) is 11.1 Å².